The Labute approximate surface area is 204 Å². The highest BCUT2D eigenvalue weighted by molar-refractivity contribution is 14.0. The van der Waals surface area contributed by atoms with Crippen molar-refractivity contribution in [3.8, 4) is 11.8 Å². The van der Waals surface area contributed by atoms with Gasteiger partial charge in [-0.25, -0.2) is 9.07 Å². The van der Waals surface area contributed by atoms with Crippen LogP contribution in [0.25, 0.3) is 5.69 Å². The molecule has 4 N–H and O–H groups in total. The Kier molecular flexibility index (Phi) is 10.4. The van der Waals surface area contributed by atoms with E-state index in [2.05, 4.69) is 26.8 Å². The number of guanidine groups is 1. The number of halogens is 2. The molecule has 0 saturated carbocycles. The maximum atomic E-state index is 13.2. The van der Waals surface area contributed by atoms with E-state index in [1.165, 1.54) is 35.4 Å². The molecular weight excluding hydrogens is 528 g/mol. The number of nitriles is 1. The Morgan fingerprint density at radius 2 is 2.16 bits per heavy atom. The van der Waals surface area contributed by atoms with E-state index in [1.54, 1.807) is 12.1 Å². The van der Waals surface area contributed by atoms with E-state index in [4.69, 9.17) is 5.73 Å². The fourth-order valence-corrected chi connectivity index (χ4v) is 4.52. The van der Waals surface area contributed by atoms with Crippen molar-refractivity contribution in [2.45, 2.75) is 37.9 Å². The maximum absolute atomic E-state index is 13.2. The Morgan fingerprint density at radius 1 is 1.39 bits per heavy atom. The first-order chi connectivity index (χ1) is 14.6. The number of benzene rings is 1. The third kappa shape index (κ3) is 7.00. The molecule has 31 heavy (non-hydrogen) atoms. The standard InChI is InChI=1S/C21H28FN7S.HI/c1-2-25-21(27-14-17-5-4-12-30-17)26-11-3-6-19-18(13-23)20(24)29(28-19)16-9-7-15(22)8-10-16;/h7-10,17H,2-6,11-12,14,24H2,1H3,(H2,25,26,27);1H. The Bertz CT molecular complexity index is 902. The second-order valence-corrected chi connectivity index (χ2v) is 8.50. The Balaban J connectivity index is 0.00000341. The number of nitrogens with zero attached hydrogens (tertiary/aromatic N) is 4. The van der Waals surface area contributed by atoms with Gasteiger partial charge in [-0.2, -0.15) is 22.1 Å². The van der Waals surface area contributed by atoms with Gasteiger partial charge in [-0.05, 0) is 62.6 Å². The molecule has 0 amide bonds. The molecule has 1 saturated heterocycles. The number of nitrogen functional groups attached to an aromatic ring is 1. The molecule has 1 fully saturated rings. The van der Waals surface area contributed by atoms with Crippen LogP contribution in [-0.4, -0.2) is 46.4 Å². The number of hydrogen-bond acceptors (Lipinski definition) is 5. The Morgan fingerprint density at radius 3 is 2.81 bits per heavy atom. The number of anilines is 1. The van der Waals surface area contributed by atoms with Crippen molar-refractivity contribution in [1.82, 2.24) is 20.4 Å². The molecule has 1 unspecified atom stereocenters. The fourth-order valence-electron chi connectivity index (χ4n) is 3.34. The number of nitrogens with two attached hydrogens (primary N) is 1. The van der Waals surface area contributed by atoms with Crippen molar-refractivity contribution in [1.29, 1.82) is 5.26 Å². The van der Waals surface area contributed by atoms with E-state index in [0.717, 1.165) is 25.5 Å². The van der Waals surface area contributed by atoms with Crippen molar-refractivity contribution in [2.24, 2.45) is 4.99 Å². The largest absolute Gasteiger partial charge is 0.382 e. The first-order valence-corrected chi connectivity index (χ1v) is 11.3. The van der Waals surface area contributed by atoms with E-state index in [-0.39, 0.29) is 35.6 Å². The normalized spacial score (nSPS) is 15.9. The van der Waals surface area contributed by atoms with Crippen molar-refractivity contribution in [3.05, 3.63) is 41.3 Å². The molecule has 168 valence electrons. The molecule has 10 heteroatoms. The Hall–Kier alpha value is -2.00. The number of nitrogens with one attached hydrogen (secondary N) is 2. The van der Waals surface area contributed by atoms with Gasteiger partial charge in [0.15, 0.2) is 5.96 Å². The first-order valence-electron chi connectivity index (χ1n) is 10.3. The van der Waals surface area contributed by atoms with Crippen LogP contribution in [0.1, 0.15) is 37.4 Å². The molecule has 1 aromatic heterocycles. The van der Waals surface area contributed by atoms with Crippen LogP contribution in [0.5, 0.6) is 0 Å². The summed E-state index contributed by atoms with van der Waals surface area (Å²) in [4.78, 5) is 4.69. The molecule has 0 bridgehead atoms. The number of aromatic nitrogens is 2. The van der Waals surface area contributed by atoms with Gasteiger partial charge in [-0.3, -0.25) is 4.99 Å². The first kappa shape index (κ1) is 25.3. The molecule has 0 radical (unpaired) electrons. The average molecular weight is 557 g/mol. The number of aryl methyl sites for hydroxylation is 1. The smallest absolute Gasteiger partial charge is 0.191 e. The molecule has 2 heterocycles. The van der Waals surface area contributed by atoms with Crippen molar-refractivity contribution < 1.29 is 4.39 Å². The topological polar surface area (TPSA) is 104 Å². The lowest BCUT2D eigenvalue weighted by Gasteiger charge is -2.12. The van der Waals surface area contributed by atoms with Gasteiger partial charge in [-0.15, -0.1) is 24.0 Å². The lowest BCUT2D eigenvalue weighted by atomic mass is 10.1. The summed E-state index contributed by atoms with van der Waals surface area (Å²) in [6.07, 6.45) is 3.90. The van der Waals surface area contributed by atoms with Gasteiger partial charge in [-0.1, -0.05) is 0 Å². The van der Waals surface area contributed by atoms with Crippen LogP contribution in [0.3, 0.4) is 0 Å². The van der Waals surface area contributed by atoms with E-state index in [0.29, 0.717) is 35.2 Å². The molecule has 2 aromatic rings. The number of hydrogen-bond donors (Lipinski definition) is 3. The van der Waals surface area contributed by atoms with Gasteiger partial charge in [0.05, 0.1) is 17.9 Å². The predicted molar refractivity (Wildman–Crippen MR) is 136 cm³/mol. The van der Waals surface area contributed by atoms with E-state index < -0.39 is 0 Å². The van der Waals surface area contributed by atoms with Crippen LogP contribution < -0.4 is 16.4 Å². The second kappa shape index (κ2) is 12.8. The van der Waals surface area contributed by atoms with Crippen LogP contribution >= 0.6 is 35.7 Å². The summed E-state index contributed by atoms with van der Waals surface area (Å²) < 4.78 is 14.7. The molecule has 1 atom stereocenters. The number of rotatable bonds is 8. The van der Waals surface area contributed by atoms with Gasteiger partial charge in [0.2, 0.25) is 0 Å². The predicted octanol–water partition coefficient (Wildman–Crippen LogP) is 3.47. The minimum atomic E-state index is -0.332. The number of aliphatic imine (C=N–C) groups is 1. The quantitative estimate of drug-likeness (QED) is 0.199. The van der Waals surface area contributed by atoms with Crippen LogP contribution in [-0.2, 0) is 6.42 Å². The summed E-state index contributed by atoms with van der Waals surface area (Å²) in [5, 5.41) is 21.2. The van der Waals surface area contributed by atoms with Gasteiger partial charge >= 0.3 is 0 Å². The fraction of sp³-hybridized carbons (Fsp3) is 0.476. The van der Waals surface area contributed by atoms with Crippen LogP contribution in [0.2, 0.25) is 0 Å². The van der Waals surface area contributed by atoms with E-state index in [9.17, 15) is 9.65 Å². The molecule has 3 rings (SSSR count). The van der Waals surface area contributed by atoms with Crippen molar-refractivity contribution >= 4 is 47.5 Å². The number of thioether (sulfide) groups is 1. The van der Waals surface area contributed by atoms with Gasteiger partial charge in [0.1, 0.15) is 23.3 Å². The van der Waals surface area contributed by atoms with Crippen molar-refractivity contribution in [2.75, 3.05) is 31.1 Å². The highest BCUT2D eigenvalue weighted by atomic mass is 127. The molecule has 1 aliphatic heterocycles. The molecule has 1 aromatic carbocycles. The highest BCUT2D eigenvalue weighted by Gasteiger charge is 2.17. The summed E-state index contributed by atoms with van der Waals surface area (Å²) in [6, 6.07) is 8.02. The van der Waals surface area contributed by atoms with Gasteiger partial charge in [0, 0.05) is 18.3 Å². The van der Waals surface area contributed by atoms with E-state index >= 15 is 0 Å². The average Bonchev–Trinajstić information content (AvgIpc) is 3.37. The zero-order chi connectivity index (χ0) is 21.3. The summed E-state index contributed by atoms with van der Waals surface area (Å²) in [7, 11) is 0. The highest BCUT2D eigenvalue weighted by Crippen LogP contribution is 2.26. The second-order valence-electron chi connectivity index (χ2n) is 7.09. The lowest BCUT2D eigenvalue weighted by molar-refractivity contribution is 0.627. The zero-order valence-electron chi connectivity index (χ0n) is 17.6. The molecule has 0 aliphatic carbocycles. The monoisotopic (exact) mass is 557 g/mol. The summed E-state index contributed by atoms with van der Waals surface area (Å²) in [5.41, 5.74) is 7.76. The molecule has 1 aliphatic rings. The van der Waals surface area contributed by atoms with E-state index in [1.807, 2.05) is 18.7 Å². The summed E-state index contributed by atoms with van der Waals surface area (Å²) in [6.45, 7) is 4.39. The SMILES string of the molecule is CCNC(=NCC1CCCS1)NCCCc1nn(-c2ccc(F)cc2)c(N)c1C#N.I. The molecule has 0 spiro atoms. The summed E-state index contributed by atoms with van der Waals surface area (Å²) in [5.74, 6) is 2.00. The minimum Gasteiger partial charge on any atom is -0.382 e. The zero-order valence-corrected chi connectivity index (χ0v) is 20.8. The van der Waals surface area contributed by atoms with Crippen LogP contribution in [0, 0.1) is 17.1 Å². The lowest BCUT2D eigenvalue weighted by Crippen LogP contribution is -2.38. The van der Waals surface area contributed by atoms with Crippen LogP contribution in [0.15, 0.2) is 29.3 Å². The van der Waals surface area contributed by atoms with Gasteiger partial charge < -0.3 is 16.4 Å². The minimum absolute atomic E-state index is 0. The third-order valence-corrected chi connectivity index (χ3v) is 6.26. The molecular formula is C21H29FIN7S. The van der Waals surface area contributed by atoms with Crippen LogP contribution in [0.4, 0.5) is 10.2 Å². The van der Waals surface area contributed by atoms with Crippen molar-refractivity contribution in [3.63, 3.8) is 0 Å². The van der Waals surface area contributed by atoms with Gasteiger partial charge in [0.25, 0.3) is 0 Å². The molecule has 7 nitrogen and oxygen atoms in total. The summed E-state index contributed by atoms with van der Waals surface area (Å²) >= 11 is 2.00. The third-order valence-electron chi connectivity index (χ3n) is 4.88. The maximum Gasteiger partial charge on any atom is 0.191 e.